The number of nitrogens with zero attached hydrogens (tertiary/aromatic N) is 4. The van der Waals surface area contributed by atoms with Crippen molar-refractivity contribution in [1.82, 2.24) is 19.9 Å². The van der Waals surface area contributed by atoms with E-state index in [1.807, 2.05) is 62.4 Å². The Labute approximate surface area is 208 Å². The lowest BCUT2D eigenvalue weighted by Gasteiger charge is -2.30. The number of amides is 2. The van der Waals surface area contributed by atoms with E-state index in [1.54, 1.807) is 27.8 Å². The smallest absolute Gasteiger partial charge is 0.247 e. The highest BCUT2D eigenvalue weighted by Gasteiger charge is 2.30. The monoisotopic (exact) mass is 485 g/mol. The first-order valence-electron chi connectivity index (χ1n) is 11.9. The molecule has 0 bridgehead atoms. The van der Waals surface area contributed by atoms with Gasteiger partial charge in [-0.15, -0.1) is 5.10 Å². The fourth-order valence-electron chi connectivity index (χ4n) is 4.26. The average molecular weight is 486 g/mol. The van der Waals surface area contributed by atoms with Crippen LogP contribution < -0.4 is 14.8 Å². The van der Waals surface area contributed by atoms with Gasteiger partial charge in [0, 0.05) is 18.3 Å². The molecule has 9 heteroatoms. The molecule has 2 amide bonds. The zero-order chi connectivity index (χ0) is 25.1. The largest absolute Gasteiger partial charge is 0.454 e. The van der Waals surface area contributed by atoms with Crippen LogP contribution in [-0.4, -0.2) is 44.5 Å². The van der Waals surface area contributed by atoms with Gasteiger partial charge in [-0.05, 0) is 43.2 Å². The number of anilines is 1. The van der Waals surface area contributed by atoms with E-state index in [9.17, 15) is 9.59 Å². The van der Waals surface area contributed by atoms with Crippen molar-refractivity contribution in [3.8, 4) is 11.5 Å². The van der Waals surface area contributed by atoms with Crippen LogP contribution in [0.25, 0.3) is 11.0 Å². The molecule has 1 atom stereocenters. The second kappa shape index (κ2) is 10.1. The molecule has 1 aliphatic heterocycles. The van der Waals surface area contributed by atoms with Gasteiger partial charge >= 0.3 is 0 Å². The molecule has 0 aliphatic carbocycles. The molecule has 2 heterocycles. The van der Waals surface area contributed by atoms with Crippen LogP contribution in [0.15, 0.2) is 66.7 Å². The number of rotatable bonds is 8. The van der Waals surface area contributed by atoms with Crippen LogP contribution in [0, 0.1) is 6.92 Å². The molecule has 184 valence electrons. The summed E-state index contributed by atoms with van der Waals surface area (Å²) in [6.07, 6.45) is 0.437. The Hall–Kier alpha value is -4.40. The number of ether oxygens (including phenoxy) is 2. The summed E-state index contributed by atoms with van der Waals surface area (Å²) in [5, 5.41) is 11.2. The normalized spacial score (nSPS) is 12.9. The highest BCUT2D eigenvalue weighted by atomic mass is 16.7. The molecular formula is C27H27N5O4. The number of para-hydroxylation sites is 1. The minimum Gasteiger partial charge on any atom is -0.454 e. The Morgan fingerprint density at radius 3 is 2.64 bits per heavy atom. The quantitative estimate of drug-likeness (QED) is 0.406. The number of hydrogen-bond acceptors (Lipinski definition) is 6. The number of carbonyl (C=O) groups excluding carboxylic acids is 2. The van der Waals surface area contributed by atoms with E-state index >= 15 is 0 Å². The van der Waals surface area contributed by atoms with Crippen molar-refractivity contribution in [1.29, 1.82) is 0 Å². The minimum absolute atomic E-state index is 0.0276. The fourth-order valence-corrected chi connectivity index (χ4v) is 4.26. The number of carbonyl (C=O) groups is 2. The lowest BCUT2D eigenvalue weighted by molar-refractivity contribution is -0.140. The Bertz CT molecular complexity index is 1400. The van der Waals surface area contributed by atoms with Gasteiger partial charge in [0.2, 0.25) is 18.6 Å². The van der Waals surface area contributed by atoms with Crippen LogP contribution in [0.3, 0.4) is 0 Å². The SMILES string of the molecule is CCC(C(=O)Nc1ccc2c(c1)OCO2)N(Cc1ccc(C)cc1)C(=O)Cn1nnc2ccccc21. The molecule has 36 heavy (non-hydrogen) atoms. The van der Waals surface area contributed by atoms with Gasteiger partial charge in [0.25, 0.3) is 0 Å². The summed E-state index contributed by atoms with van der Waals surface area (Å²) in [4.78, 5) is 28.7. The number of aryl methyl sites for hydroxylation is 1. The van der Waals surface area contributed by atoms with Crippen LogP contribution in [0.2, 0.25) is 0 Å². The second-order valence-corrected chi connectivity index (χ2v) is 8.72. The zero-order valence-electron chi connectivity index (χ0n) is 20.2. The third-order valence-corrected chi connectivity index (χ3v) is 6.20. The fraction of sp³-hybridized carbons (Fsp3) is 0.259. The molecule has 1 unspecified atom stereocenters. The van der Waals surface area contributed by atoms with E-state index in [2.05, 4.69) is 15.6 Å². The van der Waals surface area contributed by atoms with Crippen molar-refractivity contribution in [2.24, 2.45) is 0 Å². The molecular weight excluding hydrogens is 458 g/mol. The maximum absolute atomic E-state index is 13.7. The summed E-state index contributed by atoms with van der Waals surface area (Å²) in [6.45, 7) is 4.32. The Balaban J connectivity index is 1.40. The Morgan fingerprint density at radius 2 is 1.83 bits per heavy atom. The molecule has 0 saturated carbocycles. The Kier molecular flexibility index (Phi) is 6.53. The molecule has 0 fully saturated rings. The standard InChI is InChI=1S/C27H27N5O4/c1-3-22(27(34)28-20-12-13-24-25(14-20)36-17-35-24)31(15-19-10-8-18(2)9-11-19)26(33)16-32-23-7-5-4-6-21(23)29-30-32/h4-14,22H,3,15-17H2,1-2H3,(H,28,34). The second-order valence-electron chi connectivity index (χ2n) is 8.72. The van der Waals surface area contributed by atoms with E-state index in [0.29, 0.717) is 35.7 Å². The van der Waals surface area contributed by atoms with Crippen LogP contribution in [0.5, 0.6) is 11.5 Å². The van der Waals surface area contributed by atoms with Gasteiger partial charge in [0.15, 0.2) is 11.5 Å². The average Bonchev–Trinajstić information content (AvgIpc) is 3.52. The number of aromatic nitrogens is 3. The van der Waals surface area contributed by atoms with Gasteiger partial charge in [-0.2, -0.15) is 0 Å². The van der Waals surface area contributed by atoms with Crippen molar-refractivity contribution in [2.75, 3.05) is 12.1 Å². The Morgan fingerprint density at radius 1 is 1.06 bits per heavy atom. The van der Waals surface area contributed by atoms with E-state index < -0.39 is 6.04 Å². The summed E-state index contributed by atoms with van der Waals surface area (Å²) in [5.74, 6) is 0.710. The van der Waals surface area contributed by atoms with E-state index in [1.165, 1.54) is 0 Å². The summed E-state index contributed by atoms with van der Waals surface area (Å²) in [5.41, 5.74) is 4.11. The molecule has 0 spiro atoms. The van der Waals surface area contributed by atoms with Gasteiger partial charge in [0.1, 0.15) is 18.1 Å². The molecule has 3 aromatic carbocycles. The zero-order valence-corrected chi connectivity index (χ0v) is 20.2. The molecule has 9 nitrogen and oxygen atoms in total. The van der Waals surface area contributed by atoms with E-state index in [-0.39, 0.29) is 25.2 Å². The van der Waals surface area contributed by atoms with E-state index in [4.69, 9.17) is 9.47 Å². The van der Waals surface area contributed by atoms with Gasteiger partial charge in [0.05, 0.1) is 5.52 Å². The maximum Gasteiger partial charge on any atom is 0.247 e. The molecule has 0 radical (unpaired) electrons. The number of nitrogens with one attached hydrogen (secondary N) is 1. The first-order chi connectivity index (χ1) is 17.5. The molecule has 5 rings (SSSR count). The third-order valence-electron chi connectivity index (χ3n) is 6.20. The highest BCUT2D eigenvalue weighted by molar-refractivity contribution is 5.97. The van der Waals surface area contributed by atoms with Gasteiger partial charge in [-0.3, -0.25) is 9.59 Å². The number of fused-ring (bicyclic) bond motifs is 2. The molecule has 0 saturated heterocycles. The summed E-state index contributed by atoms with van der Waals surface area (Å²) in [7, 11) is 0. The van der Waals surface area contributed by atoms with Crippen LogP contribution >= 0.6 is 0 Å². The van der Waals surface area contributed by atoms with Crippen molar-refractivity contribution in [2.45, 2.75) is 39.4 Å². The first kappa shape index (κ1) is 23.3. The lowest BCUT2D eigenvalue weighted by Crippen LogP contribution is -2.47. The predicted molar refractivity (Wildman–Crippen MR) is 135 cm³/mol. The molecule has 1 N–H and O–H groups in total. The third kappa shape index (κ3) is 4.86. The van der Waals surface area contributed by atoms with Gasteiger partial charge in [-0.1, -0.05) is 54.1 Å². The van der Waals surface area contributed by atoms with Crippen LogP contribution in [0.4, 0.5) is 5.69 Å². The lowest BCUT2D eigenvalue weighted by atomic mass is 10.1. The summed E-state index contributed by atoms with van der Waals surface area (Å²) < 4.78 is 12.3. The number of benzene rings is 3. The van der Waals surface area contributed by atoms with Gasteiger partial charge in [-0.25, -0.2) is 4.68 Å². The van der Waals surface area contributed by atoms with Gasteiger partial charge < -0.3 is 19.7 Å². The summed E-state index contributed by atoms with van der Waals surface area (Å²) >= 11 is 0. The van der Waals surface area contributed by atoms with Crippen LogP contribution in [0.1, 0.15) is 24.5 Å². The van der Waals surface area contributed by atoms with Crippen LogP contribution in [-0.2, 0) is 22.7 Å². The topological polar surface area (TPSA) is 98.6 Å². The first-order valence-corrected chi connectivity index (χ1v) is 11.9. The maximum atomic E-state index is 13.7. The highest BCUT2D eigenvalue weighted by Crippen LogP contribution is 2.34. The van der Waals surface area contributed by atoms with Crippen molar-refractivity contribution in [3.63, 3.8) is 0 Å². The van der Waals surface area contributed by atoms with E-state index in [0.717, 1.165) is 16.6 Å². The predicted octanol–water partition coefficient (Wildman–Crippen LogP) is 3.91. The molecule has 1 aliphatic rings. The number of hydrogen-bond donors (Lipinski definition) is 1. The summed E-state index contributed by atoms with van der Waals surface area (Å²) in [6, 6.07) is 20.0. The minimum atomic E-state index is -0.695. The van der Waals surface area contributed by atoms with Crippen molar-refractivity contribution in [3.05, 3.63) is 77.9 Å². The van der Waals surface area contributed by atoms with Crippen molar-refractivity contribution < 1.29 is 19.1 Å². The molecule has 1 aromatic heterocycles. The van der Waals surface area contributed by atoms with Crippen molar-refractivity contribution >= 4 is 28.5 Å². The molecule has 4 aromatic rings.